The number of hydrogen-bond acceptors (Lipinski definition) is 5. The summed E-state index contributed by atoms with van der Waals surface area (Å²) in [6.07, 6.45) is -0.553. The Bertz CT molecular complexity index is 660. The standard InChI is InChI=1S/C16H19N3O5/c1-10-2-4-11(5-3-10)24-16(23)18-6-7-19-13(8-18)14(21)17-12(9-20)15(19)22/h2-5,12-13,20H,6-9H2,1H3,(H,17,21)/t12-,13+/m0/s1. The molecule has 1 aromatic rings. The van der Waals surface area contributed by atoms with Crippen LogP contribution in [0.15, 0.2) is 24.3 Å². The molecule has 0 unspecified atom stereocenters. The number of benzene rings is 1. The Balaban J connectivity index is 1.66. The molecule has 0 aliphatic carbocycles. The van der Waals surface area contributed by atoms with Crippen LogP contribution < -0.4 is 10.1 Å². The van der Waals surface area contributed by atoms with Gasteiger partial charge in [0.25, 0.3) is 0 Å². The van der Waals surface area contributed by atoms with Gasteiger partial charge in [-0.25, -0.2) is 4.79 Å². The van der Waals surface area contributed by atoms with Crippen LogP contribution in [-0.2, 0) is 9.59 Å². The highest BCUT2D eigenvalue weighted by Crippen LogP contribution is 2.18. The Morgan fingerprint density at radius 1 is 1.29 bits per heavy atom. The molecule has 8 heteroatoms. The molecule has 3 amide bonds. The lowest BCUT2D eigenvalue weighted by atomic mass is 10.0. The second kappa shape index (κ2) is 6.48. The zero-order valence-electron chi connectivity index (χ0n) is 13.3. The van der Waals surface area contributed by atoms with Gasteiger partial charge in [0.2, 0.25) is 11.8 Å². The SMILES string of the molecule is Cc1ccc(OC(=O)N2CCN3C(=O)[C@H](CO)NC(=O)[C@H]3C2)cc1. The molecule has 24 heavy (non-hydrogen) atoms. The molecule has 2 heterocycles. The summed E-state index contributed by atoms with van der Waals surface area (Å²) < 4.78 is 5.30. The number of rotatable bonds is 2. The van der Waals surface area contributed by atoms with Crippen LogP contribution in [0, 0.1) is 6.92 Å². The molecular formula is C16H19N3O5. The van der Waals surface area contributed by atoms with Crippen LogP contribution in [0.2, 0.25) is 0 Å². The van der Waals surface area contributed by atoms with Crippen molar-refractivity contribution in [3.63, 3.8) is 0 Å². The van der Waals surface area contributed by atoms with Gasteiger partial charge in [0.15, 0.2) is 0 Å². The first-order valence-electron chi connectivity index (χ1n) is 7.74. The van der Waals surface area contributed by atoms with Crippen molar-refractivity contribution in [2.45, 2.75) is 19.0 Å². The monoisotopic (exact) mass is 333 g/mol. The number of fused-ring (bicyclic) bond motifs is 1. The minimum atomic E-state index is -0.903. The fourth-order valence-corrected chi connectivity index (χ4v) is 2.86. The number of carbonyl (C=O) groups is 3. The molecule has 2 fully saturated rings. The predicted molar refractivity (Wildman–Crippen MR) is 83.3 cm³/mol. The van der Waals surface area contributed by atoms with E-state index in [1.807, 2.05) is 19.1 Å². The first-order valence-corrected chi connectivity index (χ1v) is 7.74. The quantitative estimate of drug-likeness (QED) is 0.760. The van der Waals surface area contributed by atoms with E-state index in [0.717, 1.165) is 5.56 Å². The third kappa shape index (κ3) is 3.05. The Kier molecular flexibility index (Phi) is 4.39. The molecule has 2 N–H and O–H groups in total. The first kappa shape index (κ1) is 16.3. The predicted octanol–water partition coefficient (Wildman–Crippen LogP) is -0.503. The molecule has 2 aliphatic rings. The van der Waals surface area contributed by atoms with E-state index in [0.29, 0.717) is 5.75 Å². The number of nitrogens with zero attached hydrogens (tertiary/aromatic N) is 2. The third-order valence-corrected chi connectivity index (χ3v) is 4.25. The van der Waals surface area contributed by atoms with Gasteiger partial charge in [-0.3, -0.25) is 9.59 Å². The smallest absolute Gasteiger partial charge is 0.410 e. The summed E-state index contributed by atoms with van der Waals surface area (Å²) in [5, 5.41) is 11.6. The minimum absolute atomic E-state index is 0.0699. The highest BCUT2D eigenvalue weighted by molar-refractivity contribution is 5.97. The lowest BCUT2D eigenvalue weighted by Gasteiger charge is -2.44. The van der Waals surface area contributed by atoms with E-state index in [1.165, 1.54) is 9.80 Å². The average Bonchev–Trinajstić information content (AvgIpc) is 2.59. The number of amides is 3. The molecule has 2 aliphatic heterocycles. The summed E-state index contributed by atoms with van der Waals surface area (Å²) in [6, 6.07) is 5.42. The zero-order chi connectivity index (χ0) is 17.3. The molecule has 1 aromatic carbocycles. The molecule has 0 saturated carbocycles. The fraction of sp³-hybridized carbons (Fsp3) is 0.438. The van der Waals surface area contributed by atoms with Gasteiger partial charge in [-0.15, -0.1) is 0 Å². The van der Waals surface area contributed by atoms with Gasteiger partial charge in [-0.1, -0.05) is 17.7 Å². The lowest BCUT2D eigenvalue weighted by Crippen LogP contribution is -2.70. The average molecular weight is 333 g/mol. The number of ether oxygens (including phenoxy) is 1. The van der Waals surface area contributed by atoms with Crippen molar-refractivity contribution in [1.29, 1.82) is 0 Å². The molecule has 0 radical (unpaired) electrons. The molecule has 2 atom stereocenters. The van der Waals surface area contributed by atoms with Gasteiger partial charge in [0.1, 0.15) is 17.8 Å². The fourth-order valence-electron chi connectivity index (χ4n) is 2.86. The Labute approximate surface area is 139 Å². The van der Waals surface area contributed by atoms with Crippen LogP contribution in [0.4, 0.5) is 4.79 Å². The summed E-state index contributed by atoms with van der Waals surface area (Å²) in [6.45, 7) is 2.07. The zero-order valence-corrected chi connectivity index (χ0v) is 13.3. The van der Waals surface area contributed by atoms with Crippen molar-refractivity contribution in [1.82, 2.24) is 15.1 Å². The molecular weight excluding hydrogens is 314 g/mol. The van der Waals surface area contributed by atoms with E-state index in [1.54, 1.807) is 12.1 Å². The topological polar surface area (TPSA) is 99.2 Å². The van der Waals surface area contributed by atoms with Crippen molar-refractivity contribution in [3.8, 4) is 5.75 Å². The number of nitrogens with one attached hydrogen (secondary N) is 1. The Morgan fingerprint density at radius 2 is 2.00 bits per heavy atom. The van der Waals surface area contributed by atoms with Crippen LogP contribution in [0.25, 0.3) is 0 Å². The van der Waals surface area contributed by atoms with E-state index in [4.69, 9.17) is 9.84 Å². The summed E-state index contributed by atoms with van der Waals surface area (Å²) in [5.74, 6) is -0.271. The van der Waals surface area contributed by atoms with Crippen LogP contribution in [0.1, 0.15) is 5.56 Å². The lowest BCUT2D eigenvalue weighted by molar-refractivity contribution is -0.153. The molecule has 3 rings (SSSR count). The van der Waals surface area contributed by atoms with E-state index >= 15 is 0 Å². The van der Waals surface area contributed by atoms with Crippen molar-refractivity contribution in [2.24, 2.45) is 0 Å². The van der Waals surface area contributed by atoms with Gasteiger partial charge in [0.05, 0.1) is 13.2 Å². The summed E-state index contributed by atoms with van der Waals surface area (Å²) in [7, 11) is 0. The number of aryl methyl sites for hydroxylation is 1. The normalized spacial score (nSPS) is 23.6. The van der Waals surface area contributed by atoms with E-state index in [2.05, 4.69) is 5.32 Å². The highest BCUT2D eigenvalue weighted by Gasteiger charge is 2.44. The van der Waals surface area contributed by atoms with Crippen molar-refractivity contribution >= 4 is 17.9 Å². The largest absolute Gasteiger partial charge is 0.415 e. The van der Waals surface area contributed by atoms with Crippen molar-refractivity contribution < 1.29 is 24.2 Å². The summed E-state index contributed by atoms with van der Waals surface area (Å²) in [5.41, 5.74) is 1.05. The second-order valence-corrected chi connectivity index (χ2v) is 5.92. The summed E-state index contributed by atoms with van der Waals surface area (Å²) in [4.78, 5) is 39.4. The minimum Gasteiger partial charge on any atom is -0.410 e. The van der Waals surface area contributed by atoms with E-state index in [9.17, 15) is 14.4 Å². The summed E-state index contributed by atoms with van der Waals surface area (Å²) >= 11 is 0. The van der Waals surface area contributed by atoms with Gasteiger partial charge < -0.3 is 25.0 Å². The van der Waals surface area contributed by atoms with Gasteiger partial charge in [-0.05, 0) is 19.1 Å². The van der Waals surface area contributed by atoms with Crippen LogP contribution in [0.5, 0.6) is 5.75 Å². The second-order valence-electron chi connectivity index (χ2n) is 5.92. The number of aliphatic hydroxyl groups excluding tert-OH is 1. The molecule has 128 valence electrons. The van der Waals surface area contributed by atoms with E-state index in [-0.39, 0.29) is 31.4 Å². The Morgan fingerprint density at radius 3 is 2.67 bits per heavy atom. The van der Waals surface area contributed by atoms with Gasteiger partial charge >= 0.3 is 6.09 Å². The Hall–Kier alpha value is -2.61. The first-order chi connectivity index (χ1) is 11.5. The van der Waals surface area contributed by atoms with Crippen molar-refractivity contribution in [3.05, 3.63) is 29.8 Å². The van der Waals surface area contributed by atoms with Crippen LogP contribution >= 0.6 is 0 Å². The molecule has 2 saturated heterocycles. The van der Waals surface area contributed by atoms with Crippen LogP contribution in [-0.4, -0.2) is 71.1 Å². The molecule has 8 nitrogen and oxygen atoms in total. The highest BCUT2D eigenvalue weighted by atomic mass is 16.6. The maximum absolute atomic E-state index is 12.3. The number of aliphatic hydroxyl groups is 1. The number of piperazine rings is 2. The molecule has 0 aromatic heterocycles. The van der Waals surface area contributed by atoms with Crippen LogP contribution in [0.3, 0.4) is 0 Å². The van der Waals surface area contributed by atoms with E-state index < -0.39 is 24.8 Å². The van der Waals surface area contributed by atoms with Crippen molar-refractivity contribution in [2.75, 3.05) is 26.2 Å². The third-order valence-electron chi connectivity index (χ3n) is 4.25. The van der Waals surface area contributed by atoms with Gasteiger partial charge in [-0.2, -0.15) is 0 Å². The molecule has 0 bridgehead atoms. The number of carbonyl (C=O) groups excluding carboxylic acids is 3. The van der Waals surface area contributed by atoms with Gasteiger partial charge in [0, 0.05) is 13.1 Å². The molecule has 0 spiro atoms. The maximum atomic E-state index is 12.3. The maximum Gasteiger partial charge on any atom is 0.415 e. The number of hydrogen-bond donors (Lipinski definition) is 2.